The fourth-order valence-corrected chi connectivity index (χ4v) is 4.11. The van der Waals surface area contributed by atoms with E-state index in [2.05, 4.69) is 5.32 Å². The number of carbonyl (C=O) groups is 2. The second-order valence-corrected chi connectivity index (χ2v) is 9.10. The molecule has 1 aliphatic rings. The molecule has 0 aliphatic carbocycles. The summed E-state index contributed by atoms with van der Waals surface area (Å²) in [4.78, 5) is 24.7. The van der Waals surface area contributed by atoms with E-state index in [0.29, 0.717) is 21.8 Å². The molecule has 0 radical (unpaired) electrons. The maximum absolute atomic E-state index is 12.8. The number of benzene rings is 2. The highest BCUT2D eigenvalue weighted by molar-refractivity contribution is 7.92. The summed E-state index contributed by atoms with van der Waals surface area (Å²) in [6.45, 7) is 3.52. The first-order chi connectivity index (χ1) is 14.1. The molecule has 0 bridgehead atoms. The molecular formula is C20H21ClN2O6S. The van der Waals surface area contributed by atoms with Gasteiger partial charge in [-0.3, -0.25) is 9.10 Å². The Morgan fingerprint density at radius 1 is 1.27 bits per heavy atom. The number of ether oxygens (including phenoxy) is 2. The third-order valence-corrected chi connectivity index (χ3v) is 5.86. The van der Waals surface area contributed by atoms with Gasteiger partial charge in [0.05, 0.1) is 30.7 Å². The largest absolute Gasteiger partial charge is 0.476 e. The number of hydrogen-bond donors (Lipinski definition) is 1. The van der Waals surface area contributed by atoms with Gasteiger partial charge in [0, 0.05) is 10.7 Å². The fourth-order valence-electron chi connectivity index (χ4n) is 3.03. The van der Waals surface area contributed by atoms with E-state index in [0.717, 1.165) is 10.6 Å². The number of nitrogens with zero attached hydrogens (tertiary/aromatic N) is 1. The molecule has 0 spiro atoms. The molecule has 1 aliphatic heterocycles. The summed E-state index contributed by atoms with van der Waals surface area (Å²) in [6, 6.07) is 9.29. The van der Waals surface area contributed by atoms with Gasteiger partial charge < -0.3 is 14.8 Å². The van der Waals surface area contributed by atoms with Gasteiger partial charge in [-0.05, 0) is 55.8 Å². The van der Waals surface area contributed by atoms with Crippen molar-refractivity contribution < 1.29 is 27.5 Å². The van der Waals surface area contributed by atoms with Gasteiger partial charge in [-0.15, -0.1) is 0 Å². The summed E-state index contributed by atoms with van der Waals surface area (Å²) in [5.41, 5.74) is 1.78. The van der Waals surface area contributed by atoms with Crippen LogP contribution in [0.3, 0.4) is 0 Å². The maximum Gasteiger partial charge on any atom is 0.338 e. The highest BCUT2D eigenvalue weighted by Crippen LogP contribution is 2.37. The van der Waals surface area contributed by atoms with Gasteiger partial charge >= 0.3 is 5.97 Å². The van der Waals surface area contributed by atoms with Crippen molar-refractivity contribution in [3.63, 3.8) is 0 Å². The van der Waals surface area contributed by atoms with E-state index in [-0.39, 0.29) is 24.6 Å². The summed E-state index contributed by atoms with van der Waals surface area (Å²) in [5, 5.41) is 3.08. The molecule has 30 heavy (non-hydrogen) atoms. The molecule has 2 aromatic rings. The van der Waals surface area contributed by atoms with Crippen LogP contribution in [0.4, 0.5) is 11.4 Å². The van der Waals surface area contributed by atoms with Gasteiger partial charge in [0.2, 0.25) is 10.0 Å². The molecule has 0 fully saturated rings. The van der Waals surface area contributed by atoms with Crippen molar-refractivity contribution in [2.45, 2.75) is 20.0 Å². The lowest BCUT2D eigenvalue weighted by Crippen LogP contribution is -2.48. The molecule has 160 valence electrons. The predicted molar refractivity (Wildman–Crippen MR) is 114 cm³/mol. The number of anilines is 2. The average Bonchev–Trinajstić information content (AvgIpc) is 2.68. The second-order valence-electron chi connectivity index (χ2n) is 6.75. The molecular weight excluding hydrogens is 432 g/mol. The third-order valence-electron chi connectivity index (χ3n) is 4.48. The van der Waals surface area contributed by atoms with E-state index in [9.17, 15) is 18.0 Å². The van der Waals surface area contributed by atoms with Crippen LogP contribution in [0.1, 0.15) is 22.8 Å². The maximum atomic E-state index is 12.8. The van der Waals surface area contributed by atoms with Gasteiger partial charge in [-0.2, -0.15) is 0 Å². The minimum absolute atomic E-state index is 0.196. The van der Waals surface area contributed by atoms with Crippen molar-refractivity contribution in [1.29, 1.82) is 0 Å². The Bertz CT molecular complexity index is 1100. The topological polar surface area (TPSA) is 102 Å². The van der Waals surface area contributed by atoms with Crippen LogP contribution in [0.2, 0.25) is 5.02 Å². The molecule has 8 nitrogen and oxygen atoms in total. The zero-order chi connectivity index (χ0) is 22.1. The van der Waals surface area contributed by atoms with E-state index in [1.807, 2.05) is 0 Å². The van der Waals surface area contributed by atoms with Crippen LogP contribution in [0.15, 0.2) is 36.4 Å². The lowest BCUT2D eigenvalue weighted by atomic mass is 10.1. The molecule has 1 atom stereocenters. The standard InChI is InChI=1S/C20H21ClN2O6S/c1-4-28-20(25)13-5-7-15(12(2)9-13)22-19(24)18-11-23(30(3,26)27)16-10-14(21)6-8-17(16)29-18/h5-10,18H,4,11H2,1-3H3,(H,22,24)/t18-/m0/s1. The first-order valence-electron chi connectivity index (χ1n) is 9.12. The van der Waals surface area contributed by atoms with Crippen LogP contribution in [0, 0.1) is 6.92 Å². The van der Waals surface area contributed by atoms with Crippen LogP contribution in [-0.4, -0.2) is 45.8 Å². The Balaban J connectivity index is 1.82. The predicted octanol–water partition coefficient (Wildman–Crippen LogP) is 2.99. The van der Waals surface area contributed by atoms with Gasteiger partial charge in [-0.25, -0.2) is 13.2 Å². The third kappa shape index (κ3) is 4.68. The molecule has 0 saturated heterocycles. The molecule has 10 heteroatoms. The molecule has 1 heterocycles. The number of nitrogens with one attached hydrogen (secondary N) is 1. The van der Waals surface area contributed by atoms with Gasteiger partial charge in [0.15, 0.2) is 6.10 Å². The average molecular weight is 453 g/mol. The molecule has 1 amide bonds. The van der Waals surface area contributed by atoms with Crippen molar-refractivity contribution in [3.05, 3.63) is 52.5 Å². The van der Waals surface area contributed by atoms with Crippen LogP contribution in [0.5, 0.6) is 5.75 Å². The Morgan fingerprint density at radius 3 is 2.63 bits per heavy atom. The number of esters is 1. The Morgan fingerprint density at radius 2 is 2.00 bits per heavy atom. The Labute approximate surface area is 179 Å². The van der Waals surface area contributed by atoms with Crippen LogP contribution < -0.4 is 14.4 Å². The van der Waals surface area contributed by atoms with Gasteiger partial charge in [-0.1, -0.05) is 11.6 Å². The van der Waals surface area contributed by atoms with E-state index < -0.39 is 28.0 Å². The fraction of sp³-hybridized carbons (Fsp3) is 0.300. The number of sulfonamides is 1. The molecule has 0 saturated carbocycles. The van der Waals surface area contributed by atoms with Gasteiger partial charge in [0.25, 0.3) is 5.91 Å². The highest BCUT2D eigenvalue weighted by atomic mass is 35.5. The Hall–Kier alpha value is -2.78. The summed E-state index contributed by atoms with van der Waals surface area (Å²) in [6.07, 6.45) is -0.0199. The van der Waals surface area contributed by atoms with Crippen molar-refractivity contribution in [2.75, 3.05) is 29.0 Å². The zero-order valence-electron chi connectivity index (χ0n) is 16.6. The summed E-state index contributed by atoms with van der Waals surface area (Å²) in [7, 11) is -3.66. The first kappa shape index (κ1) is 21.9. The Kier molecular flexibility index (Phi) is 6.23. The van der Waals surface area contributed by atoms with E-state index in [1.54, 1.807) is 38.1 Å². The number of carbonyl (C=O) groups excluding carboxylic acids is 2. The van der Waals surface area contributed by atoms with Crippen LogP contribution in [0.25, 0.3) is 0 Å². The highest BCUT2D eigenvalue weighted by Gasteiger charge is 2.35. The SMILES string of the molecule is CCOC(=O)c1ccc(NC(=O)[C@@H]2CN(S(C)(=O)=O)c3cc(Cl)ccc3O2)c(C)c1. The van der Waals surface area contributed by atoms with E-state index in [4.69, 9.17) is 21.1 Å². The van der Waals surface area contributed by atoms with E-state index in [1.165, 1.54) is 12.1 Å². The number of hydrogen-bond acceptors (Lipinski definition) is 6. The minimum Gasteiger partial charge on any atom is -0.476 e. The van der Waals surface area contributed by atoms with Crippen molar-refractivity contribution >= 4 is 44.9 Å². The number of rotatable bonds is 5. The van der Waals surface area contributed by atoms with Crippen LogP contribution in [-0.2, 0) is 19.6 Å². The normalized spacial score (nSPS) is 15.7. The summed E-state index contributed by atoms with van der Waals surface area (Å²) >= 11 is 5.98. The van der Waals surface area contributed by atoms with Gasteiger partial charge in [0.1, 0.15) is 5.75 Å². The number of fused-ring (bicyclic) bond motifs is 1. The minimum atomic E-state index is -3.66. The first-order valence-corrected chi connectivity index (χ1v) is 11.4. The second kappa shape index (κ2) is 8.53. The monoisotopic (exact) mass is 452 g/mol. The summed E-state index contributed by atoms with van der Waals surface area (Å²) in [5.74, 6) is -0.727. The van der Waals surface area contributed by atoms with Crippen molar-refractivity contribution in [3.8, 4) is 5.75 Å². The number of halogens is 1. The quantitative estimate of drug-likeness (QED) is 0.700. The van der Waals surface area contributed by atoms with Crippen molar-refractivity contribution in [2.24, 2.45) is 0 Å². The molecule has 2 aromatic carbocycles. The summed E-state index contributed by atoms with van der Waals surface area (Å²) < 4.78 is 36.3. The smallest absolute Gasteiger partial charge is 0.338 e. The lowest BCUT2D eigenvalue weighted by molar-refractivity contribution is -0.122. The molecule has 3 rings (SSSR count). The number of aryl methyl sites for hydroxylation is 1. The molecule has 1 N–H and O–H groups in total. The number of amides is 1. The zero-order valence-corrected chi connectivity index (χ0v) is 18.2. The van der Waals surface area contributed by atoms with Crippen molar-refractivity contribution in [1.82, 2.24) is 0 Å². The molecule has 0 unspecified atom stereocenters. The molecule has 0 aromatic heterocycles. The van der Waals surface area contributed by atoms with Crippen LogP contribution >= 0.6 is 11.6 Å². The lowest BCUT2D eigenvalue weighted by Gasteiger charge is -2.34. The van der Waals surface area contributed by atoms with E-state index >= 15 is 0 Å².